The highest BCUT2D eigenvalue weighted by atomic mass is 32.2. The number of nitrogen functional groups attached to an aromatic ring is 1. The molecule has 35 heavy (non-hydrogen) atoms. The maximum atomic E-state index is 12.6. The largest absolute Gasteiger partial charge is 0.384 e. The molecule has 186 valence electrons. The molecule has 1 amide bonds. The Morgan fingerprint density at radius 3 is 2.11 bits per heavy atom. The smallest absolute Gasteiger partial charge is 0.332 e. The standard InChI is InChI=1S/C18H20N8O6S3/c1-23-9(5-11(29)24(2)17(23)31)20-10(28)7-34-16-22-21-15(35-16)33-6-8(27)12-13(19)25(3)18(32)26(4)14(12)30/h5H,6-7,19H2,1-4H3,(H,20,28). The van der Waals surface area contributed by atoms with E-state index in [1.165, 1.54) is 28.2 Å². The Morgan fingerprint density at radius 2 is 1.49 bits per heavy atom. The Morgan fingerprint density at radius 1 is 0.914 bits per heavy atom. The van der Waals surface area contributed by atoms with Gasteiger partial charge in [-0.25, -0.2) is 9.59 Å². The van der Waals surface area contributed by atoms with E-state index in [0.717, 1.165) is 59.2 Å². The van der Waals surface area contributed by atoms with Gasteiger partial charge in [0, 0.05) is 34.3 Å². The summed E-state index contributed by atoms with van der Waals surface area (Å²) in [6.07, 6.45) is 0. The summed E-state index contributed by atoms with van der Waals surface area (Å²) in [6.45, 7) is 0. The molecule has 14 nitrogen and oxygen atoms in total. The molecule has 0 atom stereocenters. The van der Waals surface area contributed by atoms with Crippen molar-refractivity contribution in [2.75, 3.05) is 22.6 Å². The van der Waals surface area contributed by atoms with Gasteiger partial charge < -0.3 is 11.1 Å². The van der Waals surface area contributed by atoms with Crippen molar-refractivity contribution in [1.29, 1.82) is 0 Å². The first-order chi connectivity index (χ1) is 16.4. The average Bonchev–Trinajstić information content (AvgIpc) is 3.29. The third-order valence-corrected chi connectivity index (χ3v) is 8.01. The third kappa shape index (κ3) is 5.46. The summed E-state index contributed by atoms with van der Waals surface area (Å²) in [5.41, 5.74) is 3.00. The molecule has 0 unspecified atom stereocenters. The van der Waals surface area contributed by atoms with Gasteiger partial charge in [0.15, 0.2) is 14.5 Å². The van der Waals surface area contributed by atoms with Gasteiger partial charge in [0.2, 0.25) is 5.91 Å². The molecule has 0 aromatic carbocycles. The quantitative estimate of drug-likeness (QED) is 0.253. The lowest BCUT2D eigenvalue weighted by Crippen LogP contribution is -2.41. The van der Waals surface area contributed by atoms with E-state index in [2.05, 4.69) is 15.5 Å². The number of aromatic nitrogens is 6. The van der Waals surface area contributed by atoms with E-state index in [1.807, 2.05) is 0 Å². The Hall–Kier alpha value is -3.44. The number of carbonyl (C=O) groups excluding carboxylic acids is 2. The number of hydrogen-bond acceptors (Lipinski definition) is 12. The van der Waals surface area contributed by atoms with Gasteiger partial charge in [-0.05, 0) is 0 Å². The number of Topliss-reactive ketones (excluding diaryl/α,β-unsaturated/α-hetero) is 1. The molecule has 3 heterocycles. The van der Waals surface area contributed by atoms with Gasteiger partial charge in [0.25, 0.3) is 11.1 Å². The molecule has 3 aromatic heterocycles. The second-order valence-corrected chi connectivity index (χ2v) is 10.5. The second kappa shape index (κ2) is 10.4. The van der Waals surface area contributed by atoms with Crippen LogP contribution in [0, 0.1) is 0 Å². The molecule has 0 bridgehead atoms. The molecule has 0 radical (unpaired) electrons. The second-order valence-electron chi connectivity index (χ2n) is 7.12. The SMILES string of the molecule is Cn1c(NC(=O)CSc2nnc(SCC(=O)c3c(N)n(C)c(=O)n(C)c3=O)s2)cc(=O)n(C)c1=O. The fraction of sp³-hybridized carbons (Fsp3) is 0.333. The zero-order chi connectivity index (χ0) is 26.0. The van der Waals surface area contributed by atoms with Crippen LogP contribution in [0.25, 0.3) is 0 Å². The van der Waals surface area contributed by atoms with Crippen molar-refractivity contribution in [1.82, 2.24) is 28.5 Å². The minimum absolute atomic E-state index is 0.0632. The summed E-state index contributed by atoms with van der Waals surface area (Å²) < 4.78 is 4.77. The Kier molecular flexibility index (Phi) is 7.81. The Labute approximate surface area is 208 Å². The molecular weight excluding hydrogens is 520 g/mol. The first kappa shape index (κ1) is 26.2. The van der Waals surface area contributed by atoms with Gasteiger partial charge in [-0.2, -0.15) is 0 Å². The van der Waals surface area contributed by atoms with Gasteiger partial charge >= 0.3 is 11.4 Å². The van der Waals surface area contributed by atoms with Gasteiger partial charge in [-0.15, -0.1) is 10.2 Å². The van der Waals surface area contributed by atoms with Gasteiger partial charge in [0.1, 0.15) is 17.2 Å². The molecule has 0 aliphatic heterocycles. The van der Waals surface area contributed by atoms with Crippen LogP contribution < -0.4 is 33.5 Å². The molecular formula is C18H20N8O6S3. The molecule has 0 saturated heterocycles. The van der Waals surface area contributed by atoms with Crippen LogP contribution in [0.1, 0.15) is 10.4 Å². The van der Waals surface area contributed by atoms with Crippen molar-refractivity contribution in [2.45, 2.75) is 8.68 Å². The monoisotopic (exact) mass is 540 g/mol. The fourth-order valence-electron chi connectivity index (χ4n) is 2.79. The number of anilines is 2. The van der Waals surface area contributed by atoms with Crippen molar-refractivity contribution >= 4 is 58.2 Å². The zero-order valence-electron chi connectivity index (χ0n) is 18.9. The minimum atomic E-state index is -0.774. The fourth-order valence-corrected chi connectivity index (χ4v) is 5.49. The van der Waals surface area contributed by atoms with Crippen LogP contribution in [0.15, 0.2) is 33.9 Å². The number of nitrogens with one attached hydrogen (secondary N) is 1. The van der Waals surface area contributed by atoms with Crippen molar-refractivity contribution in [3.63, 3.8) is 0 Å². The predicted molar refractivity (Wildman–Crippen MR) is 133 cm³/mol. The number of amides is 1. The van der Waals surface area contributed by atoms with Crippen LogP contribution in [-0.4, -0.2) is 51.7 Å². The number of nitrogens with zero attached hydrogens (tertiary/aromatic N) is 6. The van der Waals surface area contributed by atoms with Crippen LogP contribution >= 0.6 is 34.9 Å². The van der Waals surface area contributed by atoms with Gasteiger partial charge in [-0.3, -0.25) is 37.4 Å². The number of ketones is 1. The van der Waals surface area contributed by atoms with Gasteiger partial charge in [-0.1, -0.05) is 34.9 Å². The van der Waals surface area contributed by atoms with Crippen LogP contribution in [0.4, 0.5) is 11.6 Å². The summed E-state index contributed by atoms with van der Waals surface area (Å²) in [5.74, 6) is -1.39. The average molecular weight is 541 g/mol. The molecule has 0 aliphatic carbocycles. The van der Waals surface area contributed by atoms with E-state index in [-0.39, 0.29) is 28.7 Å². The van der Waals surface area contributed by atoms with Crippen LogP contribution in [-0.2, 0) is 33.0 Å². The highest BCUT2D eigenvalue weighted by Crippen LogP contribution is 2.29. The van der Waals surface area contributed by atoms with E-state index in [1.54, 1.807) is 0 Å². The molecule has 0 aliphatic rings. The topological polar surface area (TPSA) is 186 Å². The van der Waals surface area contributed by atoms with E-state index in [9.17, 15) is 28.8 Å². The molecule has 3 N–H and O–H groups in total. The molecule has 17 heteroatoms. The molecule has 3 aromatic rings. The van der Waals surface area contributed by atoms with E-state index in [4.69, 9.17) is 5.73 Å². The summed E-state index contributed by atoms with van der Waals surface area (Å²) >= 11 is 3.25. The van der Waals surface area contributed by atoms with E-state index < -0.39 is 34.2 Å². The first-order valence-corrected chi connectivity index (χ1v) is 12.5. The lowest BCUT2D eigenvalue weighted by molar-refractivity contribution is -0.113. The number of thioether (sulfide) groups is 2. The van der Waals surface area contributed by atoms with Gasteiger partial charge in [0.05, 0.1) is 11.5 Å². The highest BCUT2D eigenvalue weighted by molar-refractivity contribution is 8.03. The number of nitrogens with two attached hydrogens (primary N) is 1. The van der Waals surface area contributed by atoms with Crippen LogP contribution in [0.5, 0.6) is 0 Å². The lowest BCUT2D eigenvalue weighted by Gasteiger charge is -2.10. The van der Waals surface area contributed by atoms with Crippen LogP contribution in [0.2, 0.25) is 0 Å². The predicted octanol–water partition coefficient (Wildman–Crippen LogP) is -1.38. The van der Waals surface area contributed by atoms with Crippen molar-refractivity contribution in [3.8, 4) is 0 Å². The number of rotatable bonds is 8. The maximum Gasteiger partial charge on any atom is 0.332 e. The summed E-state index contributed by atoms with van der Waals surface area (Å²) in [5, 5.41) is 10.4. The first-order valence-electron chi connectivity index (χ1n) is 9.67. The Bertz CT molecular complexity index is 1560. The molecule has 3 rings (SSSR count). The molecule has 0 fully saturated rings. The summed E-state index contributed by atoms with van der Waals surface area (Å²) in [4.78, 5) is 72.8. The maximum absolute atomic E-state index is 12.6. The number of carbonyl (C=O) groups is 2. The zero-order valence-corrected chi connectivity index (χ0v) is 21.4. The lowest BCUT2D eigenvalue weighted by atomic mass is 10.2. The number of hydrogen-bond donors (Lipinski definition) is 2. The summed E-state index contributed by atoms with van der Waals surface area (Å²) in [6, 6.07) is 1.14. The Balaban J connectivity index is 1.60. The van der Waals surface area contributed by atoms with E-state index in [0.29, 0.717) is 8.68 Å². The normalized spacial score (nSPS) is 11.0. The van der Waals surface area contributed by atoms with Crippen molar-refractivity contribution in [2.24, 2.45) is 28.2 Å². The van der Waals surface area contributed by atoms with Crippen molar-refractivity contribution in [3.05, 3.63) is 53.3 Å². The van der Waals surface area contributed by atoms with E-state index >= 15 is 0 Å². The molecule has 0 saturated carbocycles. The summed E-state index contributed by atoms with van der Waals surface area (Å²) in [7, 11) is 5.39. The molecule has 0 spiro atoms. The third-order valence-electron chi connectivity index (χ3n) is 4.82. The van der Waals surface area contributed by atoms with Crippen molar-refractivity contribution < 1.29 is 9.59 Å². The highest BCUT2D eigenvalue weighted by Gasteiger charge is 2.21. The van der Waals surface area contributed by atoms with Crippen LogP contribution in [0.3, 0.4) is 0 Å². The minimum Gasteiger partial charge on any atom is -0.384 e.